The Morgan fingerprint density at radius 3 is 2.79 bits per heavy atom. The second-order valence-electron chi connectivity index (χ2n) is 4.08. The van der Waals surface area contributed by atoms with Crippen LogP contribution < -0.4 is 5.56 Å². The lowest BCUT2D eigenvalue weighted by atomic mass is 10.2. The minimum absolute atomic E-state index is 0.0667. The molecule has 0 N–H and O–H groups in total. The van der Waals surface area contributed by atoms with Crippen LogP contribution in [-0.4, -0.2) is 22.6 Å². The number of esters is 1. The number of pyridine rings is 2. The van der Waals surface area contributed by atoms with Gasteiger partial charge in [0.15, 0.2) is 0 Å². The van der Waals surface area contributed by atoms with E-state index in [1.807, 2.05) is 6.07 Å². The van der Waals surface area contributed by atoms with Crippen molar-refractivity contribution in [3.8, 4) is 0 Å². The summed E-state index contributed by atoms with van der Waals surface area (Å²) in [5.74, 6) is -0.297. The molecule has 0 radical (unpaired) electrons. The zero-order valence-electron chi connectivity index (χ0n) is 10.6. The van der Waals surface area contributed by atoms with Gasteiger partial charge in [0.25, 0.3) is 5.56 Å². The fourth-order valence-electron chi connectivity index (χ4n) is 1.66. The van der Waals surface area contributed by atoms with Gasteiger partial charge >= 0.3 is 5.97 Å². The van der Waals surface area contributed by atoms with Crippen molar-refractivity contribution in [3.63, 3.8) is 0 Å². The minimum atomic E-state index is -0.297. The van der Waals surface area contributed by atoms with Crippen molar-refractivity contribution >= 4 is 5.97 Å². The van der Waals surface area contributed by atoms with Gasteiger partial charge in [-0.15, -0.1) is 0 Å². The molecule has 0 saturated carbocycles. The van der Waals surface area contributed by atoms with Crippen LogP contribution in [0.25, 0.3) is 0 Å². The van der Waals surface area contributed by atoms with Gasteiger partial charge in [0, 0.05) is 18.5 Å². The second kappa shape index (κ2) is 5.95. The highest BCUT2D eigenvalue weighted by Crippen LogP contribution is 2.03. The van der Waals surface area contributed by atoms with Gasteiger partial charge in [-0.25, -0.2) is 0 Å². The van der Waals surface area contributed by atoms with E-state index >= 15 is 0 Å². The molecule has 0 aliphatic carbocycles. The summed E-state index contributed by atoms with van der Waals surface area (Å²) in [6.45, 7) is 0.415. The van der Waals surface area contributed by atoms with E-state index in [-0.39, 0.29) is 17.9 Å². The predicted molar refractivity (Wildman–Crippen MR) is 69.8 cm³/mol. The highest BCUT2D eigenvalue weighted by molar-refractivity contribution is 5.72. The molecule has 2 rings (SSSR count). The minimum Gasteiger partial charge on any atom is -0.469 e. The van der Waals surface area contributed by atoms with Crippen LogP contribution in [0.15, 0.2) is 47.5 Å². The number of carbonyl (C=O) groups excluding carboxylic acids is 1. The molecule has 0 unspecified atom stereocenters. The zero-order chi connectivity index (χ0) is 13.7. The highest BCUT2D eigenvalue weighted by Gasteiger charge is 2.04. The maximum atomic E-state index is 11.5. The lowest BCUT2D eigenvalue weighted by molar-refractivity contribution is -0.139. The quantitative estimate of drug-likeness (QED) is 0.768. The van der Waals surface area contributed by atoms with Gasteiger partial charge in [0.1, 0.15) is 0 Å². The maximum absolute atomic E-state index is 11.5. The normalized spacial score (nSPS) is 10.2. The molecule has 0 fully saturated rings. The number of methoxy groups -OCH3 is 1. The molecule has 0 bridgehead atoms. The molecule has 19 heavy (non-hydrogen) atoms. The average molecular weight is 258 g/mol. The van der Waals surface area contributed by atoms with Crippen molar-refractivity contribution in [2.24, 2.45) is 0 Å². The van der Waals surface area contributed by atoms with E-state index in [1.54, 1.807) is 35.2 Å². The number of aromatic nitrogens is 2. The van der Waals surface area contributed by atoms with Gasteiger partial charge in [-0.05, 0) is 17.7 Å². The molecule has 0 aromatic carbocycles. The molecule has 98 valence electrons. The summed E-state index contributed by atoms with van der Waals surface area (Å²) in [4.78, 5) is 26.9. The van der Waals surface area contributed by atoms with Crippen LogP contribution in [0.1, 0.15) is 11.3 Å². The first-order chi connectivity index (χ1) is 9.19. The van der Waals surface area contributed by atoms with Crippen LogP contribution in [0.2, 0.25) is 0 Å². The van der Waals surface area contributed by atoms with Crippen LogP contribution in [-0.2, 0) is 22.5 Å². The van der Waals surface area contributed by atoms with Crippen molar-refractivity contribution in [1.29, 1.82) is 0 Å². The Bertz CT molecular complexity index is 617. The predicted octanol–water partition coefficient (Wildman–Crippen LogP) is 1.01. The van der Waals surface area contributed by atoms with Crippen molar-refractivity contribution in [1.82, 2.24) is 9.55 Å². The van der Waals surface area contributed by atoms with Gasteiger partial charge in [-0.2, -0.15) is 0 Å². The monoisotopic (exact) mass is 258 g/mol. The highest BCUT2D eigenvalue weighted by atomic mass is 16.5. The summed E-state index contributed by atoms with van der Waals surface area (Å²) in [6.07, 6.45) is 3.54. The number of rotatable bonds is 4. The molecule has 0 amide bonds. The molecule has 2 heterocycles. The maximum Gasteiger partial charge on any atom is 0.310 e. The third kappa shape index (κ3) is 3.51. The summed E-state index contributed by atoms with van der Waals surface area (Å²) in [7, 11) is 1.35. The Morgan fingerprint density at radius 1 is 1.32 bits per heavy atom. The van der Waals surface area contributed by atoms with Gasteiger partial charge < -0.3 is 9.30 Å². The number of hydrogen-bond acceptors (Lipinski definition) is 4. The molecule has 0 aliphatic heterocycles. The number of hydrogen-bond donors (Lipinski definition) is 0. The first kappa shape index (κ1) is 13.0. The van der Waals surface area contributed by atoms with Gasteiger partial charge in [-0.1, -0.05) is 12.1 Å². The van der Waals surface area contributed by atoms with Crippen molar-refractivity contribution < 1.29 is 9.53 Å². The summed E-state index contributed by atoms with van der Waals surface area (Å²) in [5, 5.41) is 0. The summed E-state index contributed by atoms with van der Waals surface area (Å²) in [6, 6.07) is 8.62. The van der Waals surface area contributed by atoms with Crippen molar-refractivity contribution in [2.75, 3.05) is 7.11 Å². The first-order valence-corrected chi connectivity index (χ1v) is 5.85. The van der Waals surface area contributed by atoms with Crippen LogP contribution >= 0.6 is 0 Å². The van der Waals surface area contributed by atoms with Crippen LogP contribution in [0.3, 0.4) is 0 Å². The van der Waals surface area contributed by atoms with Gasteiger partial charge in [0.2, 0.25) is 0 Å². The SMILES string of the molecule is COC(=O)Cc1ccc(Cn2ccccc2=O)nc1. The number of ether oxygens (including phenoxy) is 1. The van der Waals surface area contributed by atoms with E-state index in [0.717, 1.165) is 11.3 Å². The molecule has 0 aliphatic rings. The zero-order valence-corrected chi connectivity index (χ0v) is 10.6. The molecule has 0 saturated heterocycles. The standard InChI is InChI=1S/C14H14N2O3/c1-19-14(18)8-11-5-6-12(15-9-11)10-16-7-3-2-4-13(16)17/h2-7,9H,8,10H2,1H3. The second-order valence-corrected chi connectivity index (χ2v) is 4.08. The summed E-state index contributed by atoms with van der Waals surface area (Å²) in [5.41, 5.74) is 1.49. The van der Waals surface area contributed by atoms with Crippen molar-refractivity contribution in [3.05, 3.63) is 64.3 Å². The molecule has 0 spiro atoms. The van der Waals surface area contributed by atoms with Crippen LogP contribution in [0.5, 0.6) is 0 Å². The topological polar surface area (TPSA) is 61.2 Å². The molecule has 2 aromatic heterocycles. The summed E-state index contributed by atoms with van der Waals surface area (Å²) < 4.78 is 6.16. The van der Waals surface area contributed by atoms with E-state index in [0.29, 0.717) is 6.54 Å². The van der Waals surface area contributed by atoms with Crippen LogP contribution in [0, 0.1) is 0 Å². The molecule has 5 nitrogen and oxygen atoms in total. The number of carbonyl (C=O) groups is 1. The average Bonchev–Trinajstić information content (AvgIpc) is 2.43. The molecular weight excluding hydrogens is 244 g/mol. The van der Waals surface area contributed by atoms with E-state index in [9.17, 15) is 9.59 Å². The summed E-state index contributed by atoms with van der Waals surface area (Å²) >= 11 is 0. The lowest BCUT2D eigenvalue weighted by Crippen LogP contribution is -2.18. The van der Waals surface area contributed by atoms with Crippen LogP contribution in [0.4, 0.5) is 0 Å². The Labute approximate surface area is 110 Å². The van der Waals surface area contributed by atoms with E-state index in [2.05, 4.69) is 9.72 Å². The Morgan fingerprint density at radius 2 is 2.16 bits per heavy atom. The Kier molecular flexibility index (Phi) is 4.07. The fourth-order valence-corrected chi connectivity index (χ4v) is 1.66. The fraction of sp³-hybridized carbons (Fsp3) is 0.214. The third-order valence-electron chi connectivity index (χ3n) is 2.69. The number of nitrogens with zero attached hydrogens (tertiary/aromatic N) is 2. The molecule has 0 atom stereocenters. The Hall–Kier alpha value is -2.43. The molecule has 5 heteroatoms. The van der Waals surface area contributed by atoms with E-state index in [1.165, 1.54) is 13.2 Å². The molecular formula is C14H14N2O3. The van der Waals surface area contributed by atoms with Crippen molar-refractivity contribution in [2.45, 2.75) is 13.0 Å². The van der Waals surface area contributed by atoms with E-state index in [4.69, 9.17) is 0 Å². The largest absolute Gasteiger partial charge is 0.469 e. The van der Waals surface area contributed by atoms with Gasteiger partial charge in [0.05, 0.1) is 25.8 Å². The third-order valence-corrected chi connectivity index (χ3v) is 2.69. The van der Waals surface area contributed by atoms with Gasteiger partial charge in [-0.3, -0.25) is 14.6 Å². The first-order valence-electron chi connectivity index (χ1n) is 5.85. The van der Waals surface area contributed by atoms with E-state index < -0.39 is 0 Å². The smallest absolute Gasteiger partial charge is 0.310 e. The molecule has 2 aromatic rings. The Balaban J connectivity index is 2.09. The lowest BCUT2D eigenvalue weighted by Gasteiger charge is -2.05.